The first kappa shape index (κ1) is 19.5. The number of hydrogen-bond acceptors (Lipinski definition) is 5. The van der Waals surface area contributed by atoms with Crippen LogP contribution in [0.25, 0.3) is 0 Å². The Morgan fingerprint density at radius 3 is 2.52 bits per heavy atom. The molecule has 0 atom stereocenters. The van der Waals surface area contributed by atoms with Gasteiger partial charge in [0.2, 0.25) is 16.8 Å². The van der Waals surface area contributed by atoms with E-state index in [1.54, 1.807) is 24.3 Å². The second-order valence-corrected chi connectivity index (χ2v) is 8.65. The lowest BCUT2D eigenvalue weighted by atomic mass is 10.2. The maximum Gasteiger partial charge on any atom is 0.243 e. The molecule has 0 spiro atoms. The first-order chi connectivity index (χ1) is 12.8. The molecule has 0 N–H and O–H groups in total. The highest BCUT2D eigenvalue weighted by molar-refractivity contribution is 7.89. The van der Waals surface area contributed by atoms with Gasteiger partial charge in [-0.15, -0.1) is 0 Å². The fraction of sp³-hybridized carbons (Fsp3) is 0.400. The molecule has 27 heavy (non-hydrogen) atoms. The van der Waals surface area contributed by atoms with E-state index in [4.69, 9.17) is 14.2 Å². The fourth-order valence-electron chi connectivity index (χ4n) is 2.93. The van der Waals surface area contributed by atoms with E-state index in [-0.39, 0.29) is 24.3 Å². The number of fused-ring (bicyclic) bond motifs is 1. The van der Waals surface area contributed by atoms with Crippen molar-refractivity contribution in [1.82, 2.24) is 4.31 Å². The Morgan fingerprint density at radius 1 is 1.11 bits per heavy atom. The molecule has 2 aromatic rings. The lowest BCUT2D eigenvalue weighted by Crippen LogP contribution is -2.30. The van der Waals surface area contributed by atoms with Crippen LogP contribution in [-0.4, -0.2) is 32.2 Å². The molecule has 1 aliphatic heterocycles. The molecule has 7 heteroatoms. The SMILES string of the molecule is CCN(Cc1ccc2c(c1)OCO2)S(=O)(=O)c1ccc(OC(C)C)c(C)c1. The zero-order chi connectivity index (χ0) is 19.6. The monoisotopic (exact) mass is 391 g/mol. The zero-order valence-corrected chi connectivity index (χ0v) is 16.9. The van der Waals surface area contributed by atoms with Gasteiger partial charge >= 0.3 is 0 Å². The number of hydrogen-bond donors (Lipinski definition) is 0. The van der Waals surface area contributed by atoms with Crippen LogP contribution in [0.15, 0.2) is 41.3 Å². The summed E-state index contributed by atoms with van der Waals surface area (Å²) in [5.74, 6) is 2.02. The van der Waals surface area contributed by atoms with E-state index < -0.39 is 10.0 Å². The second-order valence-electron chi connectivity index (χ2n) is 6.71. The Bertz CT molecular complexity index is 924. The van der Waals surface area contributed by atoms with Crippen molar-refractivity contribution in [1.29, 1.82) is 0 Å². The molecule has 0 unspecified atom stereocenters. The van der Waals surface area contributed by atoms with Crippen molar-refractivity contribution in [2.24, 2.45) is 0 Å². The minimum Gasteiger partial charge on any atom is -0.491 e. The van der Waals surface area contributed by atoms with Gasteiger partial charge in [0, 0.05) is 13.1 Å². The van der Waals surface area contributed by atoms with E-state index in [1.807, 2.05) is 39.8 Å². The van der Waals surface area contributed by atoms with Crippen LogP contribution in [-0.2, 0) is 16.6 Å². The number of sulfonamides is 1. The molecule has 6 nitrogen and oxygen atoms in total. The molecule has 0 aromatic heterocycles. The van der Waals surface area contributed by atoms with Gasteiger partial charge in [-0.3, -0.25) is 0 Å². The Kier molecular flexibility index (Phi) is 5.62. The van der Waals surface area contributed by atoms with Gasteiger partial charge in [-0.2, -0.15) is 4.31 Å². The number of nitrogens with zero attached hydrogens (tertiary/aromatic N) is 1. The topological polar surface area (TPSA) is 65.1 Å². The first-order valence-corrected chi connectivity index (χ1v) is 10.4. The van der Waals surface area contributed by atoms with Crippen molar-refractivity contribution in [2.45, 2.75) is 45.2 Å². The first-order valence-electron chi connectivity index (χ1n) is 8.97. The summed E-state index contributed by atoms with van der Waals surface area (Å²) in [5.41, 5.74) is 1.64. The summed E-state index contributed by atoms with van der Waals surface area (Å²) in [6.45, 7) is 8.37. The quantitative estimate of drug-likeness (QED) is 0.720. The highest BCUT2D eigenvalue weighted by atomic mass is 32.2. The Morgan fingerprint density at radius 2 is 1.85 bits per heavy atom. The summed E-state index contributed by atoms with van der Waals surface area (Å²) < 4.78 is 44.1. The number of ether oxygens (including phenoxy) is 3. The van der Waals surface area contributed by atoms with Gasteiger partial charge in [0.25, 0.3) is 0 Å². The third-order valence-electron chi connectivity index (χ3n) is 4.30. The molecule has 2 aromatic carbocycles. The second kappa shape index (κ2) is 7.78. The molecule has 0 fully saturated rings. The Balaban J connectivity index is 1.84. The van der Waals surface area contributed by atoms with E-state index in [0.717, 1.165) is 11.1 Å². The Labute approximate surface area is 160 Å². The van der Waals surface area contributed by atoms with Crippen molar-refractivity contribution < 1.29 is 22.6 Å². The van der Waals surface area contributed by atoms with Crippen molar-refractivity contribution in [3.63, 3.8) is 0 Å². The van der Waals surface area contributed by atoms with Gasteiger partial charge in [0.05, 0.1) is 11.0 Å². The lowest BCUT2D eigenvalue weighted by Gasteiger charge is -2.21. The summed E-state index contributed by atoms with van der Waals surface area (Å²) in [6.07, 6.45) is 0.0318. The van der Waals surface area contributed by atoms with Crippen LogP contribution in [0.1, 0.15) is 31.9 Å². The summed E-state index contributed by atoms with van der Waals surface area (Å²) in [6, 6.07) is 10.5. The van der Waals surface area contributed by atoms with Gasteiger partial charge in [-0.05, 0) is 62.2 Å². The normalized spacial score (nSPS) is 13.4. The zero-order valence-electron chi connectivity index (χ0n) is 16.1. The molecule has 0 aliphatic carbocycles. The van der Waals surface area contributed by atoms with Crippen molar-refractivity contribution in [3.8, 4) is 17.2 Å². The summed E-state index contributed by atoms with van der Waals surface area (Å²) >= 11 is 0. The van der Waals surface area contributed by atoms with Gasteiger partial charge in [0.1, 0.15) is 5.75 Å². The predicted molar refractivity (Wildman–Crippen MR) is 103 cm³/mol. The fourth-order valence-corrected chi connectivity index (χ4v) is 4.45. The molecule has 3 rings (SSSR count). The van der Waals surface area contributed by atoms with Gasteiger partial charge in [0.15, 0.2) is 11.5 Å². The number of aryl methyl sites for hydroxylation is 1. The standard InChI is InChI=1S/C20H25NO5S/c1-5-21(12-16-6-8-19-20(11-16)25-13-24-19)27(22,23)17-7-9-18(15(4)10-17)26-14(2)3/h6-11,14H,5,12-13H2,1-4H3. The third-order valence-corrected chi connectivity index (χ3v) is 6.21. The molecule has 0 radical (unpaired) electrons. The molecule has 146 valence electrons. The number of benzene rings is 2. The summed E-state index contributed by atoms with van der Waals surface area (Å²) in [4.78, 5) is 0.263. The van der Waals surface area contributed by atoms with E-state index in [2.05, 4.69) is 0 Å². The van der Waals surface area contributed by atoms with Crippen molar-refractivity contribution >= 4 is 10.0 Å². The van der Waals surface area contributed by atoms with E-state index in [9.17, 15) is 8.42 Å². The molecular weight excluding hydrogens is 366 g/mol. The average molecular weight is 391 g/mol. The smallest absolute Gasteiger partial charge is 0.243 e. The van der Waals surface area contributed by atoms with Crippen LogP contribution in [0, 0.1) is 6.92 Å². The minimum absolute atomic E-state index is 0.0318. The summed E-state index contributed by atoms with van der Waals surface area (Å²) in [5, 5.41) is 0. The Hall–Kier alpha value is -2.25. The van der Waals surface area contributed by atoms with Crippen LogP contribution in [0.2, 0.25) is 0 Å². The van der Waals surface area contributed by atoms with Crippen LogP contribution in [0.3, 0.4) is 0 Å². The van der Waals surface area contributed by atoms with Crippen molar-refractivity contribution in [3.05, 3.63) is 47.5 Å². The average Bonchev–Trinajstić information content (AvgIpc) is 3.08. The van der Waals surface area contributed by atoms with Gasteiger partial charge in [-0.1, -0.05) is 13.0 Å². The molecule has 0 amide bonds. The summed E-state index contributed by atoms with van der Waals surface area (Å²) in [7, 11) is -3.63. The highest BCUT2D eigenvalue weighted by Crippen LogP contribution is 2.33. The highest BCUT2D eigenvalue weighted by Gasteiger charge is 2.25. The molecule has 0 bridgehead atoms. The van der Waals surface area contributed by atoms with Crippen LogP contribution >= 0.6 is 0 Å². The molecule has 1 aliphatic rings. The van der Waals surface area contributed by atoms with E-state index in [1.165, 1.54) is 4.31 Å². The molecule has 1 heterocycles. The van der Waals surface area contributed by atoms with Gasteiger partial charge in [-0.25, -0.2) is 8.42 Å². The van der Waals surface area contributed by atoms with E-state index >= 15 is 0 Å². The van der Waals surface area contributed by atoms with Gasteiger partial charge < -0.3 is 14.2 Å². The maximum atomic E-state index is 13.1. The molecule has 0 saturated carbocycles. The van der Waals surface area contributed by atoms with Crippen LogP contribution < -0.4 is 14.2 Å². The molecule has 0 saturated heterocycles. The number of rotatable bonds is 7. The maximum absolute atomic E-state index is 13.1. The molecular formula is C20H25NO5S. The van der Waals surface area contributed by atoms with E-state index in [0.29, 0.717) is 23.8 Å². The minimum atomic E-state index is -3.63. The lowest BCUT2D eigenvalue weighted by molar-refractivity contribution is 0.174. The van der Waals surface area contributed by atoms with Crippen LogP contribution in [0.4, 0.5) is 0 Å². The van der Waals surface area contributed by atoms with Crippen molar-refractivity contribution in [2.75, 3.05) is 13.3 Å². The predicted octanol–water partition coefficient (Wildman–Crippen LogP) is 3.72. The third kappa shape index (κ3) is 4.20. The largest absolute Gasteiger partial charge is 0.491 e. The van der Waals surface area contributed by atoms with Crippen LogP contribution in [0.5, 0.6) is 17.2 Å².